The molecule has 0 saturated heterocycles. The summed E-state index contributed by atoms with van der Waals surface area (Å²) >= 11 is 5.56. The van der Waals surface area contributed by atoms with Gasteiger partial charge in [0.15, 0.2) is 4.77 Å². The van der Waals surface area contributed by atoms with Crippen molar-refractivity contribution in [1.82, 2.24) is 14.8 Å². The molecule has 128 valence electrons. The van der Waals surface area contributed by atoms with E-state index in [0.29, 0.717) is 6.04 Å². The second-order valence-corrected chi connectivity index (χ2v) is 7.81. The summed E-state index contributed by atoms with van der Waals surface area (Å²) in [5, 5.41) is 7.55. The number of hydrogen-bond donors (Lipinski definition) is 1. The van der Waals surface area contributed by atoms with E-state index < -0.39 is 0 Å². The second kappa shape index (κ2) is 6.36. The van der Waals surface area contributed by atoms with Gasteiger partial charge in [0.05, 0.1) is 7.11 Å². The molecule has 2 aromatic rings. The molecule has 1 N–H and O–H groups in total. The van der Waals surface area contributed by atoms with Gasteiger partial charge in [0.25, 0.3) is 0 Å². The van der Waals surface area contributed by atoms with Crippen molar-refractivity contribution in [1.29, 1.82) is 0 Å². The molecule has 4 nitrogen and oxygen atoms in total. The third-order valence-electron chi connectivity index (χ3n) is 6.09. The number of benzene rings is 1. The van der Waals surface area contributed by atoms with Crippen LogP contribution in [0.1, 0.15) is 50.0 Å². The quantitative estimate of drug-likeness (QED) is 0.811. The fourth-order valence-electron chi connectivity index (χ4n) is 4.92. The van der Waals surface area contributed by atoms with Gasteiger partial charge in [0, 0.05) is 12.5 Å². The lowest BCUT2D eigenvalue weighted by Crippen LogP contribution is -2.23. The first-order valence-electron chi connectivity index (χ1n) is 8.94. The van der Waals surface area contributed by atoms with Crippen molar-refractivity contribution in [2.75, 3.05) is 7.11 Å². The molecule has 4 atom stereocenters. The number of rotatable bonds is 5. The molecule has 24 heavy (non-hydrogen) atoms. The van der Waals surface area contributed by atoms with Crippen LogP contribution in [0.4, 0.5) is 0 Å². The van der Waals surface area contributed by atoms with Crippen LogP contribution in [-0.4, -0.2) is 21.9 Å². The van der Waals surface area contributed by atoms with Crippen LogP contribution in [0.15, 0.2) is 24.3 Å². The van der Waals surface area contributed by atoms with E-state index in [-0.39, 0.29) is 0 Å². The van der Waals surface area contributed by atoms with Crippen LogP contribution in [-0.2, 0) is 6.42 Å². The van der Waals surface area contributed by atoms with Crippen molar-refractivity contribution in [3.63, 3.8) is 0 Å². The van der Waals surface area contributed by atoms with Gasteiger partial charge in [-0.1, -0.05) is 18.6 Å². The predicted octanol–water partition coefficient (Wildman–Crippen LogP) is 4.54. The number of nitrogens with one attached hydrogen (secondary N) is 1. The van der Waals surface area contributed by atoms with Gasteiger partial charge in [-0.3, -0.25) is 5.10 Å². The Balaban J connectivity index is 1.60. The maximum atomic E-state index is 5.56. The molecule has 2 bridgehead atoms. The van der Waals surface area contributed by atoms with Gasteiger partial charge in [-0.25, -0.2) is 0 Å². The molecule has 0 amide bonds. The minimum absolute atomic E-state index is 0.423. The predicted molar refractivity (Wildman–Crippen MR) is 96.9 cm³/mol. The molecule has 4 unspecified atom stereocenters. The Kier molecular flexibility index (Phi) is 4.21. The molecule has 2 aliphatic rings. The average molecular weight is 343 g/mol. The van der Waals surface area contributed by atoms with E-state index in [1.807, 2.05) is 12.1 Å². The van der Waals surface area contributed by atoms with Gasteiger partial charge in [0.2, 0.25) is 0 Å². The minimum atomic E-state index is 0.423. The van der Waals surface area contributed by atoms with E-state index in [9.17, 15) is 0 Å². The number of aromatic nitrogens is 3. The zero-order valence-corrected chi connectivity index (χ0v) is 15.2. The van der Waals surface area contributed by atoms with Crippen LogP contribution in [0.5, 0.6) is 5.75 Å². The van der Waals surface area contributed by atoms with Gasteiger partial charge in [-0.2, -0.15) is 5.10 Å². The zero-order chi connectivity index (χ0) is 16.7. The van der Waals surface area contributed by atoms with E-state index in [2.05, 4.69) is 33.8 Å². The van der Waals surface area contributed by atoms with Crippen molar-refractivity contribution in [3.8, 4) is 5.75 Å². The highest BCUT2D eigenvalue weighted by molar-refractivity contribution is 7.71. The number of fused-ring (bicyclic) bond motifs is 2. The lowest BCUT2D eigenvalue weighted by molar-refractivity contribution is 0.238. The summed E-state index contributed by atoms with van der Waals surface area (Å²) in [6.07, 6.45) is 6.38. The monoisotopic (exact) mass is 343 g/mol. The molecule has 1 aromatic heterocycles. The largest absolute Gasteiger partial charge is 0.497 e. The summed E-state index contributed by atoms with van der Waals surface area (Å²) in [4.78, 5) is 0. The number of hydrogen-bond acceptors (Lipinski definition) is 3. The lowest BCUT2D eigenvalue weighted by atomic mass is 9.84. The summed E-state index contributed by atoms with van der Waals surface area (Å²) in [5.41, 5.74) is 1.20. The van der Waals surface area contributed by atoms with E-state index in [1.165, 1.54) is 31.2 Å². The highest BCUT2D eigenvalue weighted by Gasteiger charge is 2.42. The molecule has 0 aliphatic heterocycles. The van der Waals surface area contributed by atoms with E-state index >= 15 is 0 Å². The maximum Gasteiger partial charge on any atom is 0.195 e. The molecular formula is C19H25N3OS. The molecule has 0 radical (unpaired) electrons. The Morgan fingerprint density at radius 1 is 1.38 bits per heavy atom. The van der Waals surface area contributed by atoms with Gasteiger partial charge in [-0.15, -0.1) is 0 Å². The summed E-state index contributed by atoms with van der Waals surface area (Å²) in [6, 6.07) is 8.61. The fourth-order valence-corrected chi connectivity index (χ4v) is 5.24. The number of methoxy groups -OCH3 is 1. The standard InChI is InChI=1S/C19H25N3OS/c1-12(17-10-14-6-7-15(17)8-14)22-18(20-21-19(22)24)11-13-4-3-5-16(9-13)23-2/h3-5,9,12,14-15,17H,6-8,10-11H2,1-2H3,(H,21,24). The van der Waals surface area contributed by atoms with Crippen molar-refractivity contribution in [3.05, 3.63) is 40.4 Å². The Morgan fingerprint density at radius 2 is 2.25 bits per heavy atom. The molecule has 2 aliphatic carbocycles. The van der Waals surface area contributed by atoms with Crippen LogP contribution in [0, 0.1) is 22.5 Å². The first-order chi connectivity index (χ1) is 11.7. The summed E-state index contributed by atoms with van der Waals surface area (Å²) in [6.45, 7) is 2.33. The highest BCUT2D eigenvalue weighted by Crippen LogP contribution is 2.52. The smallest absolute Gasteiger partial charge is 0.195 e. The van der Waals surface area contributed by atoms with Crippen molar-refractivity contribution in [2.45, 2.75) is 45.1 Å². The summed E-state index contributed by atoms with van der Waals surface area (Å²) < 4.78 is 8.35. The SMILES string of the molecule is COc1cccc(Cc2n[nH]c(=S)n2C(C)C2CC3CCC2C3)c1. The maximum absolute atomic E-state index is 5.56. The topological polar surface area (TPSA) is 42.8 Å². The van der Waals surface area contributed by atoms with E-state index in [4.69, 9.17) is 17.0 Å². The normalized spacial score (nSPS) is 26.7. The van der Waals surface area contributed by atoms with Crippen molar-refractivity contribution >= 4 is 12.2 Å². The second-order valence-electron chi connectivity index (χ2n) is 7.42. The summed E-state index contributed by atoms with van der Waals surface area (Å²) in [7, 11) is 1.70. The number of ether oxygens (including phenoxy) is 1. The summed E-state index contributed by atoms with van der Waals surface area (Å²) in [5.74, 6) is 4.49. The van der Waals surface area contributed by atoms with Crippen LogP contribution in [0.3, 0.4) is 0 Å². The third kappa shape index (κ3) is 2.79. The Hall–Kier alpha value is -1.62. The van der Waals surface area contributed by atoms with Gasteiger partial charge >= 0.3 is 0 Å². The molecule has 1 heterocycles. The van der Waals surface area contributed by atoms with Crippen LogP contribution < -0.4 is 4.74 Å². The molecular weight excluding hydrogens is 318 g/mol. The number of H-pyrrole nitrogens is 1. The lowest BCUT2D eigenvalue weighted by Gasteiger charge is -2.29. The molecule has 5 heteroatoms. The van der Waals surface area contributed by atoms with Crippen LogP contribution in [0.2, 0.25) is 0 Å². The zero-order valence-electron chi connectivity index (χ0n) is 14.4. The Labute approximate surface area is 148 Å². The first kappa shape index (κ1) is 15.9. The minimum Gasteiger partial charge on any atom is -0.497 e. The molecule has 4 rings (SSSR count). The first-order valence-corrected chi connectivity index (χ1v) is 9.35. The molecule has 1 aromatic carbocycles. The molecule has 2 fully saturated rings. The third-order valence-corrected chi connectivity index (χ3v) is 6.38. The molecule has 0 spiro atoms. The van der Waals surface area contributed by atoms with Crippen molar-refractivity contribution in [2.24, 2.45) is 17.8 Å². The van der Waals surface area contributed by atoms with Gasteiger partial charge in [-0.05, 0) is 73.9 Å². The van der Waals surface area contributed by atoms with Gasteiger partial charge in [0.1, 0.15) is 11.6 Å². The van der Waals surface area contributed by atoms with E-state index in [0.717, 1.165) is 40.5 Å². The molecule has 2 saturated carbocycles. The highest BCUT2D eigenvalue weighted by atomic mass is 32.1. The Morgan fingerprint density at radius 3 is 2.96 bits per heavy atom. The van der Waals surface area contributed by atoms with E-state index in [1.54, 1.807) is 7.11 Å². The average Bonchev–Trinajstić information content (AvgIpc) is 3.31. The van der Waals surface area contributed by atoms with Gasteiger partial charge < -0.3 is 9.30 Å². The van der Waals surface area contributed by atoms with Crippen LogP contribution in [0.25, 0.3) is 0 Å². The van der Waals surface area contributed by atoms with Crippen LogP contribution >= 0.6 is 12.2 Å². The number of nitrogens with zero attached hydrogens (tertiary/aromatic N) is 2. The van der Waals surface area contributed by atoms with Crippen molar-refractivity contribution < 1.29 is 4.74 Å². The fraction of sp³-hybridized carbons (Fsp3) is 0.579. The Bertz CT molecular complexity index is 781. The number of aromatic amines is 1.